The van der Waals surface area contributed by atoms with Crippen LogP contribution in [-0.4, -0.2) is 13.6 Å². The number of anilines is 1. The van der Waals surface area contributed by atoms with Crippen LogP contribution in [0, 0.1) is 0 Å². The standard InChI is InChI=1S/C11H17N.H3N/c1-3-4-10-12(2)11-8-6-5-7-9-11;/h5-9H,3-4,10H2,1-2H3;1H3. The first kappa shape index (κ1) is 12.0. The zero-order valence-corrected chi connectivity index (χ0v) is 8.66. The molecule has 0 bridgehead atoms. The number of para-hydroxylation sites is 1. The molecule has 0 aliphatic heterocycles. The second-order valence-corrected chi connectivity index (χ2v) is 3.11. The highest BCUT2D eigenvalue weighted by Crippen LogP contribution is 2.11. The number of unbranched alkanes of at least 4 members (excludes halogenated alkanes) is 1. The van der Waals surface area contributed by atoms with E-state index < -0.39 is 0 Å². The molecule has 0 heterocycles. The molecule has 0 unspecified atom stereocenters. The van der Waals surface area contributed by atoms with Crippen molar-refractivity contribution in [2.75, 3.05) is 18.5 Å². The van der Waals surface area contributed by atoms with Crippen LogP contribution in [0.15, 0.2) is 30.3 Å². The van der Waals surface area contributed by atoms with Crippen LogP contribution in [0.2, 0.25) is 0 Å². The van der Waals surface area contributed by atoms with E-state index in [-0.39, 0.29) is 6.15 Å². The molecule has 0 atom stereocenters. The Labute approximate surface area is 81.2 Å². The van der Waals surface area contributed by atoms with Crippen LogP contribution in [0.4, 0.5) is 5.69 Å². The lowest BCUT2D eigenvalue weighted by molar-refractivity contribution is 0.767. The number of hydrogen-bond donors (Lipinski definition) is 1. The van der Waals surface area contributed by atoms with Crippen LogP contribution in [0.5, 0.6) is 0 Å². The minimum absolute atomic E-state index is 0. The minimum Gasteiger partial charge on any atom is -0.375 e. The predicted molar refractivity (Wildman–Crippen MR) is 59.6 cm³/mol. The highest BCUT2D eigenvalue weighted by molar-refractivity contribution is 5.44. The molecule has 0 aliphatic carbocycles. The molecule has 0 saturated heterocycles. The summed E-state index contributed by atoms with van der Waals surface area (Å²) in [6.45, 7) is 3.37. The Morgan fingerprint density at radius 3 is 2.31 bits per heavy atom. The van der Waals surface area contributed by atoms with Crippen LogP contribution in [0.3, 0.4) is 0 Å². The van der Waals surface area contributed by atoms with E-state index in [9.17, 15) is 0 Å². The normalized spacial score (nSPS) is 9.08. The maximum absolute atomic E-state index is 2.30. The Bertz CT molecular complexity index is 209. The lowest BCUT2D eigenvalue weighted by atomic mass is 10.2. The highest BCUT2D eigenvalue weighted by Gasteiger charge is 1.96. The molecule has 0 spiro atoms. The van der Waals surface area contributed by atoms with Crippen molar-refractivity contribution in [3.63, 3.8) is 0 Å². The predicted octanol–water partition coefficient (Wildman–Crippen LogP) is 3.08. The van der Waals surface area contributed by atoms with E-state index in [0.29, 0.717) is 0 Å². The monoisotopic (exact) mass is 180 g/mol. The molecule has 1 rings (SSSR count). The molecule has 0 radical (unpaired) electrons. The van der Waals surface area contributed by atoms with Gasteiger partial charge in [-0.3, -0.25) is 0 Å². The van der Waals surface area contributed by atoms with Crippen molar-refractivity contribution in [2.45, 2.75) is 19.8 Å². The Hall–Kier alpha value is -1.02. The van der Waals surface area contributed by atoms with E-state index in [2.05, 4.69) is 49.2 Å². The molecule has 0 aliphatic rings. The third-order valence-electron chi connectivity index (χ3n) is 2.04. The maximum Gasteiger partial charge on any atom is 0.0363 e. The first-order chi connectivity index (χ1) is 5.84. The van der Waals surface area contributed by atoms with Gasteiger partial charge in [-0.2, -0.15) is 0 Å². The SMILES string of the molecule is CCCCN(C)c1ccccc1.N. The summed E-state index contributed by atoms with van der Waals surface area (Å²) >= 11 is 0. The van der Waals surface area contributed by atoms with Crippen molar-refractivity contribution < 1.29 is 0 Å². The van der Waals surface area contributed by atoms with Crippen LogP contribution in [0.25, 0.3) is 0 Å². The second-order valence-electron chi connectivity index (χ2n) is 3.11. The molecule has 1 aromatic rings. The van der Waals surface area contributed by atoms with Crippen molar-refractivity contribution in [1.29, 1.82) is 0 Å². The number of rotatable bonds is 4. The number of hydrogen-bond acceptors (Lipinski definition) is 2. The van der Waals surface area contributed by atoms with Crippen molar-refractivity contribution in [3.8, 4) is 0 Å². The summed E-state index contributed by atoms with van der Waals surface area (Å²) in [6.07, 6.45) is 2.53. The molecule has 74 valence electrons. The van der Waals surface area contributed by atoms with E-state index in [4.69, 9.17) is 0 Å². The Kier molecular flexibility index (Phi) is 5.98. The van der Waals surface area contributed by atoms with E-state index in [1.54, 1.807) is 0 Å². The lowest BCUT2D eigenvalue weighted by Crippen LogP contribution is -2.17. The molecule has 2 heteroatoms. The largest absolute Gasteiger partial charge is 0.375 e. The molecular weight excluding hydrogens is 160 g/mol. The van der Waals surface area contributed by atoms with Crippen molar-refractivity contribution >= 4 is 5.69 Å². The molecular formula is C11H20N2. The topological polar surface area (TPSA) is 38.2 Å². The summed E-state index contributed by atoms with van der Waals surface area (Å²) in [4.78, 5) is 2.30. The highest BCUT2D eigenvalue weighted by atomic mass is 15.1. The fourth-order valence-electron chi connectivity index (χ4n) is 1.21. The Balaban J connectivity index is 0.00000144. The average Bonchev–Trinajstić information content (AvgIpc) is 2.15. The van der Waals surface area contributed by atoms with Gasteiger partial charge in [0, 0.05) is 19.3 Å². The van der Waals surface area contributed by atoms with Gasteiger partial charge in [-0.1, -0.05) is 31.5 Å². The van der Waals surface area contributed by atoms with E-state index in [1.807, 2.05) is 0 Å². The third-order valence-corrected chi connectivity index (χ3v) is 2.04. The minimum atomic E-state index is 0. The summed E-state index contributed by atoms with van der Waals surface area (Å²) in [5.74, 6) is 0. The number of benzene rings is 1. The van der Waals surface area contributed by atoms with Crippen LogP contribution >= 0.6 is 0 Å². The summed E-state index contributed by atoms with van der Waals surface area (Å²) in [6, 6.07) is 10.5. The summed E-state index contributed by atoms with van der Waals surface area (Å²) in [7, 11) is 2.14. The smallest absolute Gasteiger partial charge is 0.0363 e. The fourth-order valence-corrected chi connectivity index (χ4v) is 1.21. The molecule has 1 aromatic carbocycles. The van der Waals surface area contributed by atoms with E-state index >= 15 is 0 Å². The Morgan fingerprint density at radius 2 is 1.77 bits per heavy atom. The van der Waals surface area contributed by atoms with Crippen LogP contribution in [0.1, 0.15) is 19.8 Å². The van der Waals surface area contributed by atoms with Gasteiger partial charge in [0.1, 0.15) is 0 Å². The fraction of sp³-hybridized carbons (Fsp3) is 0.455. The van der Waals surface area contributed by atoms with Gasteiger partial charge in [-0.25, -0.2) is 0 Å². The second kappa shape index (κ2) is 6.49. The van der Waals surface area contributed by atoms with Crippen molar-refractivity contribution in [2.24, 2.45) is 0 Å². The zero-order chi connectivity index (χ0) is 8.81. The first-order valence-corrected chi connectivity index (χ1v) is 4.60. The first-order valence-electron chi connectivity index (χ1n) is 4.60. The molecule has 0 saturated carbocycles. The molecule has 13 heavy (non-hydrogen) atoms. The molecule has 3 N–H and O–H groups in total. The van der Waals surface area contributed by atoms with Crippen molar-refractivity contribution in [3.05, 3.63) is 30.3 Å². The summed E-state index contributed by atoms with van der Waals surface area (Å²) < 4.78 is 0. The van der Waals surface area contributed by atoms with Crippen molar-refractivity contribution in [1.82, 2.24) is 6.15 Å². The van der Waals surface area contributed by atoms with Gasteiger partial charge in [0.2, 0.25) is 0 Å². The average molecular weight is 180 g/mol. The van der Waals surface area contributed by atoms with Gasteiger partial charge in [0.15, 0.2) is 0 Å². The van der Waals surface area contributed by atoms with Crippen LogP contribution in [-0.2, 0) is 0 Å². The zero-order valence-electron chi connectivity index (χ0n) is 8.66. The van der Waals surface area contributed by atoms with Gasteiger partial charge in [0.25, 0.3) is 0 Å². The summed E-state index contributed by atoms with van der Waals surface area (Å²) in [5.41, 5.74) is 1.31. The maximum atomic E-state index is 2.30. The van der Waals surface area contributed by atoms with Gasteiger partial charge in [-0.05, 0) is 18.6 Å². The third kappa shape index (κ3) is 3.95. The van der Waals surface area contributed by atoms with Crippen LogP contribution < -0.4 is 11.1 Å². The van der Waals surface area contributed by atoms with E-state index in [1.165, 1.54) is 18.5 Å². The molecule has 0 fully saturated rings. The quantitative estimate of drug-likeness (QED) is 0.773. The lowest BCUT2D eigenvalue weighted by Gasteiger charge is -2.18. The Morgan fingerprint density at radius 1 is 1.15 bits per heavy atom. The van der Waals surface area contributed by atoms with E-state index in [0.717, 1.165) is 6.54 Å². The van der Waals surface area contributed by atoms with Gasteiger partial charge in [0.05, 0.1) is 0 Å². The van der Waals surface area contributed by atoms with Gasteiger partial charge < -0.3 is 11.1 Å². The number of nitrogens with zero attached hydrogens (tertiary/aromatic N) is 1. The molecule has 2 nitrogen and oxygen atoms in total. The molecule has 0 aromatic heterocycles. The van der Waals surface area contributed by atoms with Gasteiger partial charge >= 0.3 is 0 Å². The summed E-state index contributed by atoms with van der Waals surface area (Å²) in [5, 5.41) is 0. The molecule has 0 amide bonds. The van der Waals surface area contributed by atoms with Gasteiger partial charge in [-0.15, -0.1) is 0 Å².